The van der Waals surface area contributed by atoms with E-state index >= 15 is 0 Å². The zero-order valence-corrected chi connectivity index (χ0v) is 16.6. The van der Waals surface area contributed by atoms with E-state index in [4.69, 9.17) is 0 Å². The Bertz CT molecular complexity index is 836. The molecule has 1 atom stereocenters. The maximum Gasteiger partial charge on any atom is 0.354 e. The maximum atomic E-state index is 12.7. The first-order chi connectivity index (χ1) is 11.7. The molecule has 5 nitrogen and oxygen atoms in total. The molecule has 132 valence electrons. The van der Waals surface area contributed by atoms with E-state index in [1.165, 1.54) is 0 Å². The van der Waals surface area contributed by atoms with E-state index in [-0.39, 0.29) is 10.4 Å². The van der Waals surface area contributed by atoms with Crippen molar-refractivity contribution >= 4 is 33.3 Å². The van der Waals surface area contributed by atoms with Crippen molar-refractivity contribution in [3.63, 3.8) is 0 Å². The summed E-state index contributed by atoms with van der Waals surface area (Å²) in [4.78, 5) is 15.8. The van der Waals surface area contributed by atoms with E-state index in [9.17, 15) is 14.5 Å². The third-order valence-electron chi connectivity index (χ3n) is 3.97. The molecule has 0 bridgehead atoms. The average molecular weight is 423 g/mol. The van der Waals surface area contributed by atoms with E-state index in [1.807, 2.05) is 49.3 Å². The summed E-state index contributed by atoms with van der Waals surface area (Å²) in [6, 6.07) is 9.21. The van der Waals surface area contributed by atoms with Gasteiger partial charge in [0, 0.05) is 27.0 Å². The van der Waals surface area contributed by atoms with Crippen molar-refractivity contribution in [3.8, 4) is 11.3 Å². The molecule has 0 aliphatic carbocycles. The normalized spacial score (nSPS) is 15.9. The minimum absolute atomic E-state index is 0.0112. The minimum atomic E-state index is -1.18. The maximum absolute atomic E-state index is 12.7. The molecule has 1 N–H and O–H groups in total. The van der Waals surface area contributed by atoms with E-state index < -0.39 is 17.3 Å². The van der Waals surface area contributed by atoms with Crippen molar-refractivity contribution < 1.29 is 14.5 Å². The first-order valence-corrected chi connectivity index (χ1v) is 9.76. The number of benzene rings is 1. The Labute approximate surface area is 158 Å². The van der Waals surface area contributed by atoms with Gasteiger partial charge in [0.25, 0.3) is 0 Å². The smallest absolute Gasteiger partial charge is 0.354 e. The molecule has 1 aliphatic rings. The topological polar surface area (TPSA) is 76.5 Å². The highest BCUT2D eigenvalue weighted by Crippen LogP contribution is 2.36. The summed E-state index contributed by atoms with van der Waals surface area (Å²) in [5.74, 6) is -1.06. The summed E-state index contributed by atoms with van der Waals surface area (Å²) >= 11 is 2.27. The highest BCUT2D eigenvalue weighted by Gasteiger charge is 2.38. The van der Waals surface area contributed by atoms with E-state index in [2.05, 4.69) is 20.9 Å². The minimum Gasteiger partial charge on any atom is -0.597 e. The fourth-order valence-electron chi connectivity index (χ4n) is 2.85. The molecule has 2 aromatic rings. The van der Waals surface area contributed by atoms with Crippen LogP contribution in [-0.2, 0) is 24.5 Å². The van der Waals surface area contributed by atoms with E-state index in [0.29, 0.717) is 18.8 Å². The van der Waals surface area contributed by atoms with Gasteiger partial charge in [-0.2, -0.15) is 0 Å². The first kappa shape index (κ1) is 18.4. The highest BCUT2D eigenvalue weighted by molar-refractivity contribution is 9.10. The number of halogens is 1. The number of nitrogens with zero attached hydrogens (tertiary/aromatic N) is 2. The second-order valence-electron chi connectivity index (χ2n) is 6.97. The third-order valence-corrected chi connectivity index (χ3v) is 6.24. The van der Waals surface area contributed by atoms with Crippen LogP contribution < -0.4 is 0 Å². The Balaban J connectivity index is 2.09. The molecule has 1 aromatic carbocycles. The van der Waals surface area contributed by atoms with E-state index in [1.54, 1.807) is 6.07 Å². The Hall–Kier alpha value is -1.41. The second kappa shape index (κ2) is 6.72. The standard InChI is InChI=1S/C18H19BrN2O3S/c1-18(2,3)25(24)21-9-12-8-15(17(22)23)20-16(14(12)10-21)11-5-4-6-13(19)7-11/h4-8H,9-10H2,1-3H3,(H,22,23)/t25-/m0/s1. The van der Waals surface area contributed by atoms with Crippen LogP contribution in [0.5, 0.6) is 0 Å². The molecule has 2 heterocycles. The van der Waals surface area contributed by atoms with Crippen LogP contribution >= 0.6 is 15.9 Å². The van der Waals surface area contributed by atoms with Crippen LogP contribution in [0, 0.1) is 0 Å². The summed E-state index contributed by atoms with van der Waals surface area (Å²) in [7, 11) is 0. The average Bonchev–Trinajstić information content (AvgIpc) is 2.95. The van der Waals surface area contributed by atoms with Gasteiger partial charge in [-0.15, -0.1) is 4.31 Å². The number of rotatable bonds is 3. The Morgan fingerprint density at radius 3 is 2.64 bits per heavy atom. The Morgan fingerprint density at radius 1 is 1.32 bits per heavy atom. The van der Waals surface area contributed by atoms with Gasteiger partial charge in [-0.25, -0.2) is 9.78 Å². The van der Waals surface area contributed by atoms with Gasteiger partial charge in [-0.05, 0) is 44.5 Å². The predicted octanol–water partition coefficient (Wildman–Crippen LogP) is 3.99. The number of carboxylic acid groups (broad SMARTS) is 1. The van der Waals surface area contributed by atoms with Crippen LogP contribution in [0.4, 0.5) is 0 Å². The molecule has 0 spiro atoms. The number of fused-ring (bicyclic) bond motifs is 1. The number of hydrogen-bond acceptors (Lipinski definition) is 4. The molecule has 1 aromatic heterocycles. The lowest BCUT2D eigenvalue weighted by molar-refractivity contribution is 0.0690. The van der Waals surface area contributed by atoms with Gasteiger partial charge in [0.15, 0.2) is 0 Å². The van der Waals surface area contributed by atoms with Crippen molar-refractivity contribution in [2.75, 3.05) is 0 Å². The quantitative estimate of drug-likeness (QED) is 0.756. The van der Waals surface area contributed by atoms with Crippen molar-refractivity contribution in [1.82, 2.24) is 9.29 Å². The van der Waals surface area contributed by atoms with Gasteiger partial charge in [0.05, 0.1) is 18.8 Å². The Morgan fingerprint density at radius 2 is 2.04 bits per heavy atom. The molecule has 0 amide bonds. The van der Waals surface area contributed by atoms with Crippen LogP contribution in [0.2, 0.25) is 0 Å². The Kier molecular flexibility index (Phi) is 4.94. The zero-order valence-electron chi connectivity index (χ0n) is 14.2. The van der Waals surface area contributed by atoms with Crippen LogP contribution in [0.1, 0.15) is 42.4 Å². The molecule has 0 saturated carbocycles. The van der Waals surface area contributed by atoms with E-state index in [0.717, 1.165) is 21.2 Å². The number of pyridine rings is 1. The summed E-state index contributed by atoms with van der Waals surface area (Å²) in [6.45, 7) is 6.75. The van der Waals surface area contributed by atoms with Crippen molar-refractivity contribution in [2.45, 2.75) is 38.6 Å². The van der Waals surface area contributed by atoms with Crippen LogP contribution in [0.25, 0.3) is 11.3 Å². The molecule has 0 fully saturated rings. The number of hydrogen-bond donors (Lipinski definition) is 1. The first-order valence-electron chi connectivity index (χ1n) is 7.86. The van der Waals surface area contributed by atoms with Crippen molar-refractivity contribution in [2.24, 2.45) is 0 Å². The second-order valence-corrected chi connectivity index (χ2v) is 10.1. The molecule has 3 rings (SSSR count). The molecule has 0 saturated heterocycles. The largest absolute Gasteiger partial charge is 0.597 e. The number of aromatic nitrogens is 1. The fourth-order valence-corrected chi connectivity index (χ4v) is 4.53. The van der Waals surface area contributed by atoms with Gasteiger partial charge in [0.2, 0.25) is 0 Å². The van der Waals surface area contributed by atoms with Crippen molar-refractivity contribution in [1.29, 1.82) is 0 Å². The van der Waals surface area contributed by atoms with Crippen LogP contribution in [0.15, 0.2) is 34.8 Å². The summed E-state index contributed by atoms with van der Waals surface area (Å²) in [6.07, 6.45) is 0. The summed E-state index contributed by atoms with van der Waals surface area (Å²) < 4.78 is 15.1. The molecule has 25 heavy (non-hydrogen) atoms. The molecule has 0 radical (unpaired) electrons. The van der Waals surface area contributed by atoms with Gasteiger partial charge >= 0.3 is 5.97 Å². The van der Waals surface area contributed by atoms with Gasteiger partial charge in [0.1, 0.15) is 10.4 Å². The fraction of sp³-hybridized carbons (Fsp3) is 0.333. The summed E-state index contributed by atoms with van der Waals surface area (Å²) in [5.41, 5.74) is 3.32. The number of carbonyl (C=O) groups is 1. The molecule has 0 unspecified atom stereocenters. The van der Waals surface area contributed by atoms with Gasteiger partial charge in [-0.1, -0.05) is 28.1 Å². The molecule has 1 aliphatic heterocycles. The molecule has 7 heteroatoms. The predicted molar refractivity (Wildman–Crippen MR) is 101 cm³/mol. The van der Waals surface area contributed by atoms with Crippen LogP contribution in [-0.4, -0.2) is 29.7 Å². The zero-order chi connectivity index (χ0) is 18.4. The SMILES string of the molecule is CC(C)(C)[S@+]([O-])N1Cc2cc(C(=O)O)nc(-c3cccc(Br)c3)c2C1. The van der Waals surface area contributed by atoms with Gasteiger partial charge < -0.3 is 9.66 Å². The van der Waals surface area contributed by atoms with Crippen LogP contribution in [0.3, 0.4) is 0 Å². The third kappa shape index (κ3) is 3.74. The number of aromatic carboxylic acids is 1. The lowest BCUT2D eigenvalue weighted by Crippen LogP contribution is -2.40. The lowest BCUT2D eigenvalue weighted by atomic mass is 10.0. The molecular formula is C18H19BrN2O3S. The lowest BCUT2D eigenvalue weighted by Gasteiger charge is -2.29. The summed E-state index contributed by atoms with van der Waals surface area (Å²) in [5, 5.41) is 9.40. The molecular weight excluding hydrogens is 404 g/mol. The monoisotopic (exact) mass is 422 g/mol. The number of carboxylic acids is 1. The van der Waals surface area contributed by atoms with Gasteiger partial charge in [-0.3, -0.25) is 0 Å². The van der Waals surface area contributed by atoms with Crippen molar-refractivity contribution in [3.05, 3.63) is 51.6 Å². The highest BCUT2D eigenvalue weighted by atomic mass is 79.9.